The van der Waals surface area contributed by atoms with Gasteiger partial charge in [0.2, 0.25) is 5.91 Å². The Hall–Kier alpha value is -2.66. The van der Waals surface area contributed by atoms with Crippen molar-refractivity contribution >= 4 is 17.5 Å². The highest BCUT2D eigenvalue weighted by Gasteiger charge is 2.43. The number of likely N-dealkylation sites (tertiary alicyclic amines) is 1. The predicted molar refractivity (Wildman–Crippen MR) is 104 cm³/mol. The number of piperidine rings is 1. The lowest BCUT2D eigenvalue weighted by atomic mass is 9.98. The molecule has 2 aliphatic rings. The molecule has 5 heteroatoms. The van der Waals surface area contributed by atoms with Crippen LogP contribution in [0.2, 0.25) is 0 Å². The van der Waals surface area contributed by atoms with Crippen LogP contribution in [0.3, 0.4) is 0 Å². The van der Waals surface area contributed by atoms with Crippen LogP contribution in [0, 0.1) is 5.92 Å². The number of anilines is 1. The lowest BCUT2D eigenvalue weighted by Crippen LogP contribution is -2.46. The maximum absolute atomic E-state index is 12.9. The average Bonchev–Trinajstić information content (AvgIpc) is 2.98. The van der Waals surface area contributed by atoms with Gasteiger partial charge in [-0.3, -0.25) is 14.5 Å². The fourth-order valence-electron chi connectivity index (χ4n) is 3.97. The molecule has 2 saturated heterocycles. The highest BCUT2D eigenvalue weighted by atomic mass is 16.5. The molecule has 0 bridgehead atoms. The second kappa shape index (κ2) is 7.53. The van der Waals surface area contributed by atoms with Gasteiger partial charge in [-0.25, -0.2) is 4.90 Å². The van der Waals surface area contributed by atoms with Crippen molar-refractivity contribution in [2.24, 2.45) is 5.92 Å². The molecule has 2 fully saturated rings. The van der Waals surface area contributed by atoms with Gasteiger partial charge in [0.15, 0.2) is 0 Å². The third-order valence-corrected chi connectivity index (χ3v) is 5.33. The van der Waals surface area contributed by atoms with E-state index in [2.05, 4.69) is 11.8 Å². The number of carbonyl (C=O) groups is 2. The number of carbonyl (C=O) groups excluding carboxylic acids is 2. The molecular weight excluding hydrogens is 340 g/mol. The van der Waals surface area contributed by atoms with Crippen LogP contribution >= 0.6 is 0 Å². The molecule has 0 aromatic heterocycles. The van der Waals surface area contributed by atoms with E-state index in [1.807, 2.05) is 30.3 Å². The van der Waals surface area contributed by atoms with E-state index in [0.717, 1.165) is 25.3 Å². The van der Waals surface area contributed by atoms with E-state index in [0.29, 0.717) is 17.4 Å². The molecule has 2 aliphatic heterocycles. The SMILES string of the molecule is C[C@H]1CCCN([C@@H]2CC(=O)N(c3ccc(Oc4ccccc4)cc3)C2=O)C1. The number of ether oxygens (including phenoxy) is 1. The van der Waals surface area contributed by atoms with Crippen LogP contribution in [0.15, 0.2) is 54.6 Å². The molecule has 0 unspecified atom stereocenters. The van der Waals surface area contributed by atoms with E-state index in [1.54, 1.807) is 24.3 Å². The highest BCUT2D eigenvalue weighted by molar-refractivity contribution is 6.22. The first-order valence-electron chi connectivity index (χ1n) is 9.55. The summed E-state index contributed by atoms with van der Waals surface area (Å²) in [5.74, 6) is 1.76. The Kier molecular flexibility index (Phi) is 4.94. The zero-order valence-electron chi connectivity index (χ0n) is 15.5. The largest absolute Gasteiger partial charge is 0.457 e. The standard InChI is InChI=1S/C22H24N2O3/c1-16-6-5-13-23(15-16)20-14-21(25)24(22(20)26)17-9-11-19(12-10-17)27-18-7-3-2-4-8-18/h2-4,7-12,16,20H,5-6,13-15H2,1H3/t16-,20+/m0/s1. The number of hydrogen-bond acceptors (Lipinski definition) is 4. The van der Waals surface area contributed by atoms with Crippen LogP contribution in [0.5, 0.6) is 11.5 Å². The fourth-order valence-corrected chi connectivity index (χ4v) is 3.97. The summed E-state index contributed by atoms with van der Waals surface area (Å²) in [6.07, 6.45) is 2.55. The monoisotopic (exact) mass is 364 g/mol. The molecule has 27 heavy (non-hydrogen) atoms. The van der Waals surface area contributed by atoms with Gasteiger partial charge in [0.25, 0.3) is 5.91 Å². The Morgan fingerprint density at radius 3 is 2.37 bits per heavy atom. The van der Waals surface area contributed by atoms with E-state index in [1.165, 1.54) is 11.3 Å². The fraction of sp³-hybridized carbons (Fsp3) is 0.364. The number of para-hydroxylation sites is 1. The first-order valence-corrected chi connectivity index (χ1v) is 9.55. The molecule has 2 aromatic carbocycles. The van der Waals surface area contributed by atoms with Crippen LogP contribution in [-0.4, -0.2) is 35.8 Å². The molecule has 2 amide bonds. The summed E-state index contributed by atoms with van der Waals surface area (Å²) in [6.45, 7) is 3.99. The van der Waals surface area contributed by atoms with E-state index in [4.69, 9.17) is 4.74 Å². The van der Waals surface area contributed by atoms with Gasteiger partial charge in [0.1, 0.15) is 11.5 Å². The van der Waals surface area contributed by atoms with Crippen LogP contribution in [0.25, 0.3) is 0 Å². The van der Waals surface area contributed by atoms with Crippen molar-refractivity contribution in [2.45, 2.75) is 32.2 Å². The molecule has 0 radical (unpaired) electrons. The van der Waals surface area contributed by atoms with Crippen LogP contribution in [-0.2, 0) is 9.59 Å². The second-order valence-corrected chi connectivity index (χ2v) is 7.44. The molecule has 0 N–H and O–H groups in total. The van der Waals surface area contributed by atoms with Crippen molar-refractivity contribution in [1.82, 2.24) is 4.90 Å². The quantitative estimate of drug-likeness (QED) is 0.774. The maximum Gasteiger partial charge on any atom is 0.251 e. The first kappa shape index (κ1) is 17.7. The normalized spacial score (nSPS) is 23.7. The Balaban J connectivity index is 1.48. The van der Waals surface area contributed by atoms with E-state index in [9.17, 15) is 9.59 Å². The van der Waals surface area contributed by atoms with Crippen molar-refractivity contribution in [3.05, 3.63) is 54.6 Å². The minimum absolute atomic E-state index is 0.106. The van der Waals surface area contributed by atoms with Crippen LogP contribution in [0.1, 0.15) is 26.2 Å². The van der Waals surface area contributed by atoms with Gasteiger partial charge in [0, 0.05) is 6.54 Å². The van der Waals surface area contributed by atoms with Gasteiger partial charge in [-0.05, 0) is 61.7 Å². The maximum atomic E-state index is 12.9. The minimum atomic E-state index is -0.319. The molecule has 0 saturated carbocycles. The van der Waals surface area contributed by atoms with E-state index in [-0.39, 0.29) is 24.3 Å². The van der Waals surface area contributed by atoms with E-state index < -0.39 is 0 Å². The summed E-state index contributed by atoms with van der Waals surface area (Å²) in [5.41, 5.74) is 0.609. The summed E-state index contributed by atoms with van der Waals surface area (Å²) in [7, 11) is 0. The predicted octanol–water partition coefficient (Wildman–Crippen LogP) is 3.84. The lowest BCUT2D eigenvalue weighted by molar-refractivity contribution is -0.123. The Morgan fingerprint density at radius 2 is 1.67 bits per heavy atom. The van der Waals surface area contributed by atoms with Crippen molar-refractivity contribution in [3.8, 4) is 11.5 Å². The Labute approximate surface area is 159 Å². The number of benzene rings is 2. The Morgan fingerprint density at radius 1 is 0.963 bits per heavy atom. The van der Waals surface area contributed by atoms with Crippen molar-refractivity contribution in [2.75, 3.05) is 18.0 Å². The van der Waals surface area contributed by atoms with Gasteiger partial charge in [-0.1, -0.05) is 25.1 Å². The highest BCUT2D eigenvalue weighted by Crippen LogP contribution is 2.30. The molecule has 0 aliphatic carbocycles. The van der Waals surface area contributed by atoms with Gasteiger partial charge >= 0.3 is 0 Å². The molecule has 5 nitrogen and oxygen atoms in total. The molecule has 2 atom stereocenters. The molecule has 140 valence electrons. The van der Waals surface area contributed by atoms with Crippen molar-refractivity contribution < 1.29 is 14.3 Å². The zero-order chi connectivity index (χ0) is 18.8. The third-order valence-electron chi connectivity index (χ3n) is 5.33. The average molecular weight is 364 g/mol. The van der Waals surface area contributed by atoms with Gasteiger partial charge in [-0.15, -0.1) is 0 Å². The summed E-state index contributed by atoms with van der Waals surface area (Å²) < 4.78 is 5.78. The molecule has 2 aromatic rings. The number of nitrogens with zero attached hydrogens (tertiary/aromatic N) is 2. The van der Waals surface area contributed by atoms with Crippen molar-refractivity contribution in [3.63, 3.8) is 0 Å². The smallest absolute Gasteiger partial charge is 0.251 e. The molecule has 0 spiro atoms. The van der Waals surface area contributed by atoms with Crippen LogP contribution in [0.4, 0.5) is 5.69 Å². The number of amides is 2. The minimum Gasteiger partial charge on any atom is -0.457 e. The molecular formula is C22H24N2O3. The first-order chi connectivity index (χ1) is 13.1. The summed E-state index contributed by atoms with van der Waals surface area (Å²) in [6, 6.07) is 16.3. The number of imide groups is 1. The zero-order valence-corrected chi connectivity index (χ0v) is 15.5. The summed E-state index contributed by atoms with van der Waals surface area (Å²) in [4.78, 5) is 29.0. The summed E-state index contributed by atoms with van der Waals surface area (Å²) in [5, 5.41) is 0. The Bertz CT molecular complexity index is 819. The topological polar surface area (TPSA) is 49.9 Å². The molecule has 2 heterocycles. The van der Waals surface area contributed by atoms with Gasteiger partial charge in [-0.2, -0.15) is 0 Å². The number of hydrogen-bond donors (Lipinski definition) is 0. The van der Waals surface area contributed by atoms with E-state index >= 15 is 0 Å². The molecule has 4 rings (SSSR count). The van der Waals surface area contributed by atoms with Crippen molar-refractivity contribution in [1.29, 1.82) is 0 Å². The van der Waals surface area contributed by atoms with Gasteiger partial charge in [0.05, 0.1) is 18.2 Å². The lowest BCUT2D eigenvalue weighted by Gasteiger charge is -2.34. The van der Waals surface area contributed by atoms with Crippen LogP contribution < -0.4 is 9.64 Å². The third kappa shape index (κ3) is 3.74. The second-order valence-electron chi connectivity index (χ2n) is 7.44. The van der Waals surface area contributed by atoms with Gasteiger partial charge < -0.3 is 4.74 Å². The summed E-state index contributed by atoms with van der Waals surface area (Å²) >= 11 is 0. The number of rotatable bonds is 4.